The third kappa shape index (κ3) is 4.05. The number of anilines is 1. The minimum atomic E-state index is 0.0381. The lowest BCUT2D eigenvalue weighted by Gasteiger charge is -2.34. The summed E-state index contributed by atoms with van der Waals surface area (Å²) in [6, 6.07) is 18.6. The molecule has 5 nitrogen and oxygen atoms in total. The summed E-state index contributed by atoms with van der Waals surface area (Å²) in [7, 11) is 1.68. The van der Waals surface area contributed by atoms with Crippen LogP contribution < -0.4 is 15.0 Å². The molecule has 2 heterocycles. The highest BCUT2D eigenvalue weighted by molar-refractivity contribution is 5.91. The third-order valence-corrected chi connectivity index (χ3v) is 5.85. The first-order chi connectivity index (χ1) is 14.0. The van der Waals surface area contributed by atoms with Gasteiger partial charge in [-0.25, -0.2) is 0 Å². The fourth-order valence-electron chi connectivity index (χ4n) is 4.16. The summed E-state index contributed by atoms with van der Waals surface area (Å²) in [6.45, 7) is 6.36. The highest BCUT2D eigenvalue weighted by Crippen LogP contribution is 2.25. The van der Waals surface area contributed by atoms with E-state index in [0.717, 1.165) is 30.1 Å². The maximum absolute atomic E-state index is 12.9. The number of amides is 1. The Morgan fingerprint density at radius 2 is 2.00 bits per heavy atom. The number of ether oxygens (including phenoxy) is 1. The van der Waals surface area contributed by atoms with Crippen molar-refractivity contribution in [1.82, 2.24) is 4.57 Å². The second kappa shape index (κ2) is 8.13. The van der Waals surface area contributed by atoms with Crippen molar-refractivity contribution in [3.8, 4) is 5.75 Å². The molecule has 1 amide bonds. The summed E-state index contributed by atoms with van der Waals surface area (Å²) in [5.41, 5.74) is 5.66. The van der Waals surface area contributed by atoms with Gasteiger partial charge in [0, 0.05) is 17.4 Å². The van der Waals surface area contributed by atoms with Crippen LogP contribution in [0.25, 0.3) is 0 Å². The zero-order chi connectivity index (χ0) is 20.4. The fraction of sp³-hybridized carbons (Fsp3) is 0.292. The van der Waals surface area contributed by atoms with Crippen LogP contribution in [-0.2, 0) is 11.3 Å². The van der Waals surface area contributed by atoms with Crippen molar-refractivity contribution < 1.29 is 14.4 Å². The molecule has 4 rings (SSSR count). The van der Waals surface area contributed by atoms with Gasteiger partial charge >= 0.3 is 0 Å². The molecule has 0 fully saturated rings. The van der Waals surface area contributed by atoms with Crippen LogP contribution in [0, 0.1) is 13.8 Å². The number of hydrogen-bond donors (Lipinski definition) is 2. The first kappa shape index (κ1) is 19.3. The maximum atomic E-state index is 12.9. The number of methoxy groups -OCH3 is 1. The minimum Gasteiger partial charge on any atom is -0.497 e. The molecule has 0 radical (unpaired) electrons. The molecule has 0 bridgehead atoms. The first-order valence-corrected chi connectivity index (χ1v) is 10.1. The zero-order valence-corrected chi connectivity index (χ0v) is 17.2. The molecule has 0 saturated heterocycles. The Kier molecular flexibility index (Phi) is 5.41. The maximum Gasteiger partial charge on any atom is 0.279 e. The predicted octanol–water partition coefficient (Wildman–Crippen LogP) is 2.74. The van der Waals surface area contributed by atoms with Crippen LogP contribution in [0.3, 0.4) is 0 Å². The topological polar surface area (TPSA) is 47.7 Å². The van der Waals surface area contributed by atoms with E-state index in [1.165, 1.54) is 21.7 Å². The number of aryl methyl sites for hydroxylation is 2. The molecule has 1 unspecified atom stereocenters. The van der Waals surface area contributed by atoms with E-state index in [2.05, 4.69) is 54.2 Å². The molecule has 1 aromatic heterocycles. The van der Waals surface area contributed by atoms with E-state index in [0.29, 0.717) is 6.54 Å². The van der Waals surface area contributed by atoms with Crippen molar-refractivity contribution in [3.63, 3.8) is 0 Å². The van der Waals surface area contributed by atoms with Crippen LogP contribution in [0.5, 0.6) is 5.75 Å². The Morgan fingerprint density at radius 1 is 1.14 bits per heavy atom. The molecule has 29 heavy (non-hydrogen) atoms. The van der Waals surface area contributed by atoms with E-state index in [1.54, 1.807) is 7.11 Å². The van der Waals surface area contributed by atoms with E-state index in [-0.39, 0.29) is 11.9 Å². The number of carbonyl (C=O) groups excluding carboxylic acids is 1. The number of benzene rings is 2. The Balaban J connectivity index is 1.57. The van der Waals surface area contributed by atoms with Gasteiger partial charge in [-0.15, -0.1) is 0 Å². The van der Waals surface area contributed by atoms with Crippen molar-refractivity contribution in [2.24, 2.45) is 0 Å². The molecular weight excluding hydrogens is 362 g/mol. The normalized spacial score (nSPS) is 18.2. The molecule has 150 valence electrons. The number of fused-ring (bicyclic) bond motifs is 1. The summed E-state index contributed by atoms with van der Waals surface area (Å²) in [5.74, 6) is 0.876. The number of nitrogens with one attached hydrogen (secondary N) is 2. The van der Waals surface area contributed by atoms with Crippen LogP contribution in [0.2, 0.25) is 0 Å². The zero-order valence-electron chi connectivity index (χ0n) is 17.2. The first-order valence-electron chi connectivity index (χ1n) is 10.1. The van der Waals surface area contributed by atoms with Gasteiger partial charge in [-0.2, -0.15) is 0 Å². The molecule has 2 aromatic carbocycles. The largest absolute Gasteiger partial charge is 0.497 e. The lowest BCUT2D eigenvalue weighted by molar-refractivity contribution is -0.922. The van der Waals surface area contributed by atoms with Gasteiger partial charge in [0.2, 0.25) is 0 Å². The molecule has 1 aliphatic rings. The SMILES string of the molecule is COc1cccc([C@H]2c3cccn3CC[NH+]2CC(=O)Nc2ccc(C)c(C)c2)c1. The van der Waals surface area contributed by atoms with Gasteiger partial charge in [-0.1, -0.05) is 18.2 Å². The van der Waals surface area contributed by atoms with Gasteiger partial charge in [0.05, 0.1) is 25.9 Å². The van der Waals surface area contributed by atoms with Crippen molar-refractivity contribution in [2.45, 2.75) is 26.4 Å². The Labute approximate surface area is 171 Å². The summed E-state index contributed by atoms with van der Waals surface area (Å²) in [4.78, 5) is 14.1. The molecule has 1 aliphatic heterocycles. The minimum absolute atomic E-state index is 0.0381. The second-order valence-electron chi connectivity index (χ2n) is 7.77. The summed E-state index contributed by atoms with van der Waals surface area (Å²) in [6.07, 6.45) is 2.12. The highest BCUT2D eigenvalue weighted by Gasteiger charge is 2.34. The van der Waals surface area contributed by atoms with Gasteiger partial charge in [0.25, 0.3) is 5.91 Å². The Hall–Kier alpha value is -3.05. The number of nitrogens with zero attached hydrogens (tertiary/aromatic N) is 1. The van der Waals surface area contributed by atoms with Gasteiger partial charge in [-0.3, -0.25) is 4.79 Å². The van der Waals surface area contributed by atoms with Crippen LogP contribution in [0.1, 0.15) is 28.4 Å². The van der Waals surface area contributed by atoms with Crippen molar-refractivity contribution in [2.75, 3.05) is 25.5 Å². The van der Waals surface area contributed by atoms with Gasteiger partial charge in [0.1, 0.15) is 5.75 Å². The molecule has 0 spiro atoms. The number of rotatable bonds is 5. The standard InChI is InChI=1S/C24H27N3O2/c1-17-9-10-20(14-18(17)2)25-23(28)16-27-13-12-26-11-5-8-22(26)24(27)19-6-4-7-21(15-19)29-3/h4-11,14-15,24H,12-13,16H2,1-3H3,(H,25,28)/p+1/t24-/m0/s1. The fourth-order valence-corrected chi connectivity index (χ4v) is 4.16. The van der Waals surface area contributed by atoms with Crippen LogP contribution in [0.15, 0.2) is 60.8 Å². The molecule has 5 heteroatoms. The van der Waals surface area contributed by atoms with E-state index in [9.17, 15) is 4.79 Å². The Morgan fingerprint density at radius 3 is 2.79 bits per heavy atom. The second-order valence-corrected chi connectivity index (χ2v) is 7.77. The van der Waals surface area contributed by atoms with Crippen molar-refractivity contribution in [1.29, 1.82) is 0 Å². The van der Waals surface area contributed by atoms with Crippen molar-refractivity contribution >= 4 is 11.6 Å². The Bertz CT molecular complexity index is 1020. The molecule has 0 aliphatic carbocycles. The van der Waals surface area contributed by atoms with E-state index in [4.69, 9.17) is 4.74 Å². The highest BCUT2D eigenvalue weighted by atomic mass is 16.5. The van der Waals surface area contributed by atoms with Gasteiger partial charge in [0.15, 0.2) is 12.6 Å². The van der Waals surface area contributed by atoms with Gasteiger partial charge < -0.3 is 19.5 Å². The lowest BCUT2D eigenvalue weighted by Crippen LogP contribution is -3.14. The third-order valence-electron chi connectivity index (χ3n) is 5.85. The van der Waals surface area contributed by atoms with Crippen LogP contribution >= 0.6 is 0 Å². The number of carbonyl (C=O) groups is 1. The van der Waals surface area contributed by atoms with Crippen molar-refractivity contribution in [3.05, 3.63) is 83.2 Å². The average Bonchev–Trinajstić information content (AvgIpc) is 3.19. The average molecular weight is 391 g/mol. The summed E-state index contributed by atoms with van der Waals surface area (Å²) >= 11 is 0. The molecule has 2 atom stereocenters. The predicted molar refractivity (Wildman–Crippen MR) is 115 cm³/mol. The molecule has 0 saturated carbocycles. The number of quaternary nitrogens is 1. The quantitative estimate of drug-likeness (QED) is 0.704. The summed E-state index contributed by atoms with van der Waals surface area (Å²) < 4.78 is 7.72. The van der Waals surface area contributed by atoms with E-state index >= 15 is 0 Å². The van der Waals surface area contributed by atoms with Crippen LogP contribution in [0.4, 0.5) is 5.69 Å². The molecule has 3 aromatic rings. The molecule has 2 N–H and O–H groups in total. The van der Waals surface area contributed by atoms with E-state index in [1.807, 2.05) is 30.3 Å². The smallest absolute Gasteiger partial charge is 0.279 e. The number of hydrogen-bond acceptors (Lipinski definition) is 2. The van der Waals surface area contributed by atoms with E-state index < -0.39 is 0 Å². The number of aromatic nitrogens is 1. The monoisotopic (exact) mass is 390 g/mol. The lowest BCUT2D eigenvalue weighted by atomic mass is 9.99. The van der Waals surface area contributed by atoms with Crippen LogP contribution in [-0.4, -0.2) is 30.7 Å². The van der Waals surface area contributed by atoms with Gasteiger partial charge in [-0.05, 0) is 61.4 Å². The summed E-state index contributed by atoms with van der Waals surface area (Å²) in [5, 5.41) is 3.08. The molecular formula is C24H28N3O2+.